The van der Waals surface area contributed by atoms with E-state index in [1.54, 1.807) is 7.11 Å². The zero-order chi connectivity index (χ0) is 14.1. The summed E-state index contributed by atoms with van der Waals surface area (Å²) in [5, 5.41) is 3.63. The first-order chi connectivity index (χ1) is 9.72. The number of fused-ring (bicyclic) bond motifs is 2. The van der Waals surface area contributed by atoms with Gasteiger partial charge in [0.05, 0.1) is 12.8 Å². The molecule has 110 valence electrons. The molecule has 2 aliphatic heterocycles. The van der Waals surface area contributed by atoms with Crippen molar-refractivity contribution in [3.63, 3.8) is 0 Å². The molecule has 2 bridgehead atoms. The van der Waals surface area contributed by atoms with Crippen LogP contribution in [0, 0.1) is 0 Å². The Bertz CT molecular complexity index is 466. The van der Waals surface area contributed by atoms with E-state index in [-0.39, 0.29) is 0 Å². The lowest BCUT2D eigenvalue weighted by atomic mass is 9.96. The third-order valence-electron chi connectivity index (χ3n) is 4.64. The lowest BCUT2D eigenvalue weighted by molar-refractivity contribution is 0.355. The van der Waals surface area contributed by atoms with E-state index in [1.165, 1.54) is 31.4 Å². The van der Waals surface area contributed by atoms with E-state index in [2.05, 4.69) is 51.3 Å². The summed E-state index contributed by atoms with van der Waals surface area (Å²) >= 11 is 3.59. The molecule has 2 saturated heterocycles. The minimum atomic E-state index is 0.654. The van der Waals surface area contributed by atoms with E-state index < -0.39 is 0 Å². The number of hydrogen-bond donors (Lipinski definition) is 1. The van der Waals surface area contributed by atoms with Gasteiger partial charge in [-0.1, -0.05) is 22.9 Å². The summed E-state index contributed by atoms with van der Waals surface area (Å²) in [5.41, 5.74) is 1.25. The molecule has 3 rings (SSSR count). The second kappa shape index (κ2) is 5.94. The number of ether oxygens (including phenoxy) is 1. The van der Waals surface area contributed by atoms with E-state index in [0.717, 1.165) is 16.8 Å². The second-order valence-corrected chi connectivity index (χ2v) is 6.75. The van der Waals surface area contributed by atoms with Gasteiger partial charge >= 0.3 is 0 Å². The quantitative estimate of drug-likeness (QED) is 0.908. The first-order valence-corrected chi connectivity index (χ1v) is 8.37. The summed E-state index contributed by atoms with van der Waals surface area (Å²) in [4.78, 5) is 2.61. The minimum Gasteiger partial charge on any atom is -0.495 e. The Kier molecular flexibility index (Phi) is 4.22. The van der Waals surface area contributed by atoms with E-state index in [0.29, 0.717) is 18.1 Å². The number of hydrogen-bond acceptors (Lipinski definition) is 3. The molecule has 4 heteroatoms. The molecule has 0 amide bonds. The molecule has 3 nitrogen and oxygen atoms in total. The number of methoxy groups -OCH3 is 1. The Morgan fingerprint density at radius 3 is 2.60 bits per heavy atom. The van der Waals surface area contributed by atoms with Crippen LogP contribution in [0.5, 0.6) is 5.75 Å². The molecular formula is C16H23BrN2O. The van der Waals surface area contributed by atoms with Gasteiger partial charge < -0.3 is 15.0 Å². The fraction of sp³-hybridized carbons (Fsp3) is 0.625. The molecule has 20 heavy (non-hydrogen) atoms. The molecule has 0 saturated carbocycles. The second-order valence-electron chi connectivity index (χ2n) is 5.83. The highest BCUT2D eigenvalue weighted by Gasteiger charge is 2.41. The topological polar surface area (TPSA) is 24.5 Å². The first kappa shape index (κ1) is 14.2. The number of halogens is 1. The maximum absolute atomic E-state index is 5.57. The number of piperidine rings is 1. The number of nitrogens with one attached hydrogen (secondary N) is 1. The van der Waals surface area contributed by atoms with Crippen LogP contribution >= 0.6 is 15.9 Å². The fourth-order valence-electron chi connectivity index (χ4n) is 3.89. The number of rotatable bonds is 4. The van der Waals surface area contributed by atoms with Crippen LogP contribution in [-0.4, -0.2) is 31.8 Å². The van der Waals surface area contributed by atoms with Crippen LogP contribution in [0.25, 0.3) is 0 Å². The van der Waals surface area contributed by atoms with Gasteiger partial charge in [-0.25, -0.2) is 0 Å². The SMILES string of the molecule is CCNC1CC2CCC(C1)N2c1cc(Br)ccc1OC. The minimum absolute atomic E-state index is 0.654. The van der Waals surface area contributed by atoms with Crippen LogP contribution < -0.4 is 15.0 Å². The Morgan fingerprint density at radius 1 is 1.30 bits per heavy atom. The predicted octanol–water partition coefficient (Wildman–Crippen LogP) is 3.57. The van der Waals surface area contributed by atoms with Crippen LogP contribution in [0.3, 0.4) is 0 Å². The third-order valence-corrected chi connectivity index (χ3v) is 5.14. The van der Waals surface area contributed by atoms with Crippen molar-refractivity contribution < 1.29 is 4.74 Å². The standard InChI is InChI=1S/C16H23BrN2O/c1-3-18-12-9-13-5-6-14(10-12)19(13)15-8-11(17)4-7-16(15)20-2/h4,7-8,12-14,18H,3,5-6,9-10H2,1-2H3. The molecule has 1 N–H and O–H groups in total. The average Bonchev–Trinajstić information content (AvgIpc) is 2.70. The molecule has 0 spiro atoms. The van der Waals surface area contributed by atoms with Crippen LogP contribution in [0.1, 0.15) is 32.6 Å². The van der Waals surface area contributed by atoms with Gasteiger partial charge in [0.25, 0.3) is 0 Å². The molecular weight excluding hydrogens is 316 g/mol. The van der Waals surface area contributed by atoms with Crippen molar-refractivity contribution in [2.75, 3.05) is 18.6 Å². The summed E-state index contributed by atoms with van der Waals surface area (Å²) in [5.74, 6) is 0.993. The molecule has 0 aromatic heterocycles. The zero-order valence-corrected chi connectivity index (χ0v) is 13.8. The smallest absolute Gasteiger partial charge is 0.142 e. The normalized spacial score (nSPS) is 28.8. The molecule has 2 atom stereocenters. The molecule has 1 aromatic carbocycles. The van der Waals surface area contributed by atoms with Crippen molar-refractivity contribution in [3.05, 3.63) is 22.7 Å². The molecule has 1 aromatic rings. The maximum Gasteiger partial charge on any atom is 0.142 e. The summed E-state index contributed by atoms with van der Waals surface area (Å²) in [6.07, 6.45) is 5.12. The van der Waals surface area contributed by atoms with Gasteiger partial charge in [-0.2, -0.15) is 0 Å². The van der Waals surface area contributed by atoms with Gasteiger partial charge in [-0.05, 0) is 50.4 Å². The van der Waals surface area contributed by atoms with Crippen molar-refractivity contribution in [2.45, 2.75) is 50.7 Å². The van der Waals surface area contributed by atoms with Gasteiger partial charge in [0.1, 0.15) is 5.75 Å². The Labute approximate surface area is 129 Å². The summed E-state index contributed by atoms with van der Waals surface area (Å²) < 4.78 is 6.70. The first-order valence-electron chi connectivity index (χ1n) is 7.58. The largest absolute Gasteiger partial charge is 0.495 e. The van der Waals surface area contributed by atoms with E-state index >= 15 is 0 Å². The van der Waals surface area contributed by atoms with Crippen LogP contribution in [0.15, 0.2) is 22.7 Å². The van der Waals surface area contributed by atoms with E-state index in [1.807, 2.05) is 0 Å². The highest BCUT2D eigenvalue weighted by Crippen LogP contribution is 2.43. The van der Waals surface area contributed by atoms with E-state index in [9.17, 15) is 0 Å². The molecule has 0 radical (unpaired) electrons. The number of anilines is 1. The number of nitrogens with zero attached hydrogens (tertiary/aromatic N) is 1. The van der Waals surface area contributed by atoms with E-state index in [4.69, 9.17) is 4.74 Å². The van der Waals surface area contributed by atoms with Gasteiger partial charge in [0.2, 0.25) is 0 Å². The third kappa shape index (κ3) is 2.56. The molecule has 2 heterocycles. The van der Waals surface area contributed by atoms with Crippen molar-refractivity contribution in [1.29, 1.82) is 0 Å². The Morgan fingerprint density at radius 2 is 2.00 bits per heavy atom. The fourth-order valence-corrected chi connectivity index (χ4v) is 4.24. The van der Waals surface area contributed by atoms with Gasteiger partial charge in [0, 0.05) is 22.6 Å². The summed E-state index contributed by atoms with van der Waals surface area (Å²) in [6, 6.07) is 8.32. The molecule has 2 fully saturated rings. The van der Waals surface area contributed by atoms with Crippen molar-refractivity contribution >= 4 is 21.6 Å². The summed E-state index contributed by atoms with van der Waals surface area (Å²) in [6.45, 7) is 3.27. The summed E-state index contributed by atoms with van der Waals surface area (Å²) in [7, 11) is 1.76. The predicted molar refractivity (Wildman–Crippen MR) is 86.7 cm³/mol. The molecule has 2 unspecified atom stereocenters. The van der Waals surface area contributed by atoms with Gasteiger partial charge in [-0.3, -0.25) is 0 Å². The van der Waals surface area contributed by atoms with Crippen LogP contribution in [0.2, 0.25) is 0 Å². The Hall–Kier alpha value is -0.740. The van der Waals surface area contributed by atoms with Crippen molar-refractivity contribution in [1.82, 2.24) is 5.32 Å². The maximum atomic E-state index is 5.57. The van der Waals surface area contributed by atoms with Gasteiger partial charge in [0.15, 0.2) is 0 Å². The zero-order valence-electron chi connectivity index (χ0n) is 12.2. The lowest BCUT2D eigenvalue weighted by Gasteiger charge is -2.41. The molecule has 2 aliphatic rings. The highest BCUT2D eigenvalue weighted by molar-refractivity contribution is 9.10. The monoisotopic (exact) mass is 338 g/mol. The van der Waals surface area contributed by atoms with Crippen molar-refractivity contribution in [2.24, 2.45) is 0 Å². The number of benzene rings is 1. The highest BCUT2D eigenvalue weighted by atomic mass is 79.9. The van der Waals surface area contributed by atoms with Crippen molar-refractivity contribution in [3.8, 4) is 5.75 Å². The molecule has 0 aliphatic carbocycles. The van der Waals surface area contributed by atoms with Crippen LogP contribution in [0.4, 0.5) is 5.69 Å². The Balaban J connectivity index is 1.87. The lowest BCUT2D eigenvalue weighted by Crippen LogP contribution is -2.49. The van der Waals surface area contributed by atoms with Gasteiger partial charge in [-0.15, -0.1) is 0 Å². The average molecular weight is 339 g/mol. The van der Waals surface area contributed by atoms with Crippen LogP contribution in [-0.2, 0) is 0 Å².